The third-order valence-electron chi connectivity index (χ3n) is 8.61. The molecule has 2 bridgehead atoms. The molecule has 2 fully saturated rings. The van der Waals surface area contributed by atoms with E-state index in [9.17, 15) is 34.2 Å². The molecule has 4 amide bonds. The molecule has 0 spiro atoms. The second kappa shape index (κ2) is 25.1. The number of nitrogens with one attached hydrogen (secondary N) is 4. The average Bonchev–Trinajstić information content (AvgIpc) is 3.48. The van der Waals surface area contributed by atoms with Crippen molar-refractivity contribution in [2.24, 2.45) is 0 Å². The Morgan fingerprint density at radius 2 is 1.24 bits per heavy atom. The Morgan fingerprint density at radius 1 is 0.680 bits per heavy atom. The highest BCUT2D eigenvalue weighted by molar-refractivity contribution is 5.76. The third kappa shape index (κ3) is 17.9. The van der Waals surface area contributed by atoms with Gasteiger partial charge in [-0.2, -0.15) is 0 Å². The van der Waals surface area contributed by atoms with E-state index in [0.717, 1.165) is 51.4 Å². The second-order valence-electron chi connectivity index (χ2n) is 13.0. The molecule has 2 aliphatic rings. The number of ether oxygens (including phenoxy) is 4. The highest BCUT2D eigenvalue weighted by Crippen LogP contribution is 2.37. The molecule has 0 aliphatic carbocycles. The number of carbonyl (C=O) groups is 5. The molecule has 0 aromatic rings. The summed E-state index contributed by atoms with van der Waals surface area (Å²) >= 11 is 0. The summed E-state index contributed by atoms with van der Waals surface area (Å²) in [6.07, 6.45) is 7.47. The van der Waals surface area contributed by atoms with Crippen LogP contribution in [-0.2, 0) is 42.9 Å². The molecule has 0 radical (unpaired) electrons. The molecule has 16 nitrogen and oxygen atoms in total. The first-order chi connectivity index (χ1) is 24.0. The van der Waals surface area contributed by atoms with Gasteiger partial charge in [-0.05, 0) is 32.1 Å². The van der Waals surface area contributed by atoms with Gasteiger partial charge in [0.1, 0.15) is 23.9 Å². The van der Waals surface area contributed by atoms with Gasteiger partial charge in [-0.25, -0.2) is 0 Å². The molecule has 2 aliphatic heterocycles. The van der Waals surface area contributed by atoms with E-state index in [1.165, 1.54) is 6.92 Å². The minimum Gasteiger partial charge on any atom is -0.481 e. The van der Waals surface area contributed by atoms with Gasteiger partial charge in [0, 0.05) is 58.8 Å². The fraction of sp³-hybridized carbons (Fsp3) is 0.853. The van der Waals surface area contributed by atoms with Gasteiger partial charge in [-0.3, -0.25) is 24.0 Å². The van der Waals surface area contributed by atoms with Crippen molar-refractivity contribution in [3.05, 3.63) is 0 Å². The Labute approximate surface area is 295 Å². The summed E-state index contributed by atoms with van der Waals surface area (Å²) in [5.74, 6) is -1.36. The molecule has 0 aromatic carbocycles. The van der Waals surface area contributed by atoms with E-state index in [0.29, 0.717) is 65.0 Å². The number of hydrogen-bond donors (Lipinski definition) is 7. The first-order valence-electron chi connectivity index (χ1n) is 18.1. The molecular formula is C34H60N4O12. The number of aliphatic hydroxyl groups excluding tert-OH is 2. The van der Waals surface area contributed by atoms with E-state index < -0.39 is 36.1 Å². The zero-order valence-corrected chi connectivity index (χ0v) is 29.6. The fourth-order valence-corrected chi connectivity index (χ4v) is 5.77. The van der Waals surface area contributed by atoms with Crippen LogP contribution in [0, 0.1) is 0 Å². The highest BCUT2D eigenvalue weighted by Gasteiger charge is 2.59. The van der Waals surface area contributed by atoms with Crippen LogP contribution in [0.5, 0.6) is 0 Å². The smallest absolute Gasteiger partial charge is 0.303 e. The van der Waals surface area contributed by atoms with Crippen molar-refractivity contribution < 1.29 is 58.2 Å². The van der Waals surface area contributed by atoms with Gasteiger partial charge in [0.25, 0.3) is 0 Å². The molecule has 0 saturated carbocycles. The maximum atomic E-state index is 12.1. The first kappa shape index (κ1) is 43.3. The molecule has 5 atom stereocenters. The zero-order valence-electron chi connectivity index (χ0n) is 29.6. The summed E-state index contributed by atoms with van der Waals surface area (Å²) in [7, 11) is 0. The Morgan fingerprint density at radius 3 is 1.86 bits per heavy atom. The minimum absolute atomic E-state index is 0.000751. The maximum Gasteiger partial charge on any atom is 0.303 e. The summed E-state index contributed by atoms with van der Waals surface area (Å²) in [6, 6.07) is -0.870. The second-order valence-corrected chi connectivity index (χ2v) is 13.0. The van der Waals surface area contributed by atoms with E-state index in [4.69, 9.17) is 24.1 Å². The van der Waals surface area contributed by atoms with Gasteiger partial charge in [-0.1, -0.05) is 38.5 Å². The molecular weight excluding hydrogens is 656 g/mol. The predicted molar refractivity (Wildman–Crippen MR) is 181 cm³/mol. The monoisotopic (exact) mass is 716 g/mol. The van der Waals surface area contributed by atoms with E-state index in [-0.39, 0.29) is 56.3 Å². The molecule has 16 heteroatoms. The van der Waals surface area contributed by atoms with Crippen LogP contribution in [0.1, 0.15) is 103 Å². The zero-order chi connectivity index (χ0) is 36.6. The van der Waals surface area contributed by atoms with Crippen LogP contribution >= 0.6 is 0 Å². The summed E-state index contributed by atoms with van der Waals surface area (Å²) < 4.78 is 22.4. The van der Waals surface area contributed by atoms with Gasteiger partial charge in [0.2, 0.25) is 23.6 Å². The number of rotatable bonds is 29. The molecule has 2 rings (SSSR count). The van der Waals surface area contributed by atoms with E-state index in [1.807, 2.05) is 0 Å². The highest BCUT2D eigenvalue weighted by atomic mass is 16.7. The summed E-state index contributed by atoms with van der Waals surface area (Å²) in [5.41, 5.74) is -1.21. The Bertz CT molecular complexity index is 1030. The van der Waals surface area contributed by atoms with Gasteiger partial charge < -0.3 is 55.5 Å². The number of aliphatic hydroxyl groups is 2. The number of amides is 4. The molecule has 2 saturated heterocycles. The number of aliphatic carboxylic acids is 1. The SMILES string of the molecule is CC(=O)N[C@H]1[C@H]2OC[C@](COCCCCC(=O)NCCCNC(=O)CCOCCNC(=O)CCCCCCCCCCC(=O)O)(O2)[C@H](O)[C@@H]1O. The van der Waals surface area contributed by atoms with Crippen LogP contribution < -0.4 is 21.3 Å². The van der Waals surface area contributed by atoms with Crippen LogP contribution in [0.2, 0.25) is 0 Å². The first-order valence-corrected chi connectivity index (χ1v) is 18.1. The molecule has 7 N–H and O–H groups in total. The van der Waals surface area contributed by atoms with Crippen molar-refractivity contribution in [2.75, 3.05) is 52.7 Å². The van der Waals surface area contributed by atoms with Crippen LogP contribution in [0.15, 0.2) is 0 Å². The maximum absolute atomic E-state index is 12.1. The number of carboxylic acid groups (broad SMARTS) is 1. The summed E-state index contributed by atoms with van der Waals surface area (Å²) in [4.78, 5) is 57.9. The number of carboxylic acids is 1. The van der Waals surface area contributed by atoms with Gasteiger partial charge in [-0.15, -0.1) is 0 Å². The lowest BCUT2D eigenvalue weighted by molar-refractivity contribution is -0.237. The molecule has 2 heterocycles. The average molecular weight is 717 g/mol. The van der Waals surface area contributed by atoms with Crippen molar-refractivity contribution in [3.63, 3.8) is 0 Å². The lowest BCUT2D eigenvalue weighted by Gasteiger charge is -2.42. The number of unbranched alkanes of at least 4 members (excludes halogenated alkanes) is 8. The molecule has 0 aromatic heterocycles. The topological polar surface area (TPSA) is 231 Å². The lowest BCUT2D eigenvalue weighted by atomic mass is 9.88. The van der Waals surface area contributed by atoms with E-state index in [1.54, 1.807) is 0 Å². The van der Waals surface area contributed by atoms with Crippen molar-refractivity contribution in [1.29, 1.82) is 0 Å². The van der Waals surface area contributed by atoms with E-state index >= 15 is 0 Å². The predicted octanol–water partition coefficient (Wildman–Crippen LogP) is 0.656. The number of hydrogen-bond acceptors (Lipinski definition) is 11. The van der Waals surface area contributed by atoms with Gasteiger partial charge in [0.15, 0.2) is 6.29 Å². The van der Waals surface area contributed by atoms with Crippen molar-refractivity contribution in [2.45, 2.75) is 133 Å². The van der Waals surface area contributed by atoms with Crippen LogP contribution in [0.25, 0.3) is 0 Å². The largest absolute Gasteiger partial charge is 0.481 e. The van der Waals surface area contributed by atoms with Gasteiger partial charge >= 0.3 is 5.97 Å². The van der Waals surface area contributed by atoms with Crippen LogP contribution in [0.4, 0.5) is 0 Å². The van der Waals surface area contributed by atoms with Crippen molar-refractivity contribution in [1.82, 2.24) is 21.3 Å². The number of carbonyl (C=O) groups excluding carboxylic acids is 4. The van der Waals surface area contributed by atoms with E-state index in [2.05, 4.69) is 21.3 Å². The Hall–Kier alpha value is -2.89. The summed E-state index contributed by atoms with van der Waals surface area (Å²) in [5, 5.41) is 40.6. The van der Waals surface area contributed by atoms with Crippen molar-refractivity contribution in [3.8, 4) is 0 Å². The van der Waals surface area contributed by atoms with Crippen LogP contribution in [-0.4, -0.2) is 128 Å². The van der Waals surface area contributed by atoms with Gasteiger partial charge in [0.05, 0.1) is 26.4 Å². The third-order valence-corrected chi connectivity index (χ3v) is 8.61. The van der Waals surface area contributed by atoms with Crippen molar-refractivity contribution >= 4 is 29.6 Å². The number of fused-ring (bicyclic) bond motifs is 2. The lowest BCUT2D eigenvalue weighted by Crippen LogP contribution is -2.66. The quantitative estimate of drug-likeness (QED) is 0.0530. The molecule has 50 heavy (non-hydrogen) atoms. The standard InChI is InChI=1S/C34H60N4O12/c1-25(39)38-30-31(45)32(46)34(24-49-33(30)50-34)23-48-20-11-10-14-26(40)35-17-12-18-36-28(42)16-21-47-22-19-37-27(41)13-8-6-4-2-3-5-7-9-15-29(43)44/h30-33,45-46H,2-24H2,1H3,(H,35,40)(H,36,42)(H,37,41)(H,38,39)(H,43,44)/t30-,31-,32-,33+,34+/m1/s1. The Kier molecular flexibility index (Phi) is 21.7. The molecule has 288 valence electrons. The minimum atomic E-state index is -1.30. The fourth-order valence-electron chi connectivity index (χ4n) is 5.77. The Balaban J connectivity index is 1.34. The van der Waals surface area contributed by atoms with Crippen LogP contribution in [0.3, 0.4) is 0 Å². The molecule has 0 unspecified atom stereocenters. The summed E-state index contributed by atoms with van der Waals surface area (Å²) in [6.45, 7) is 3.49. The normalized spacial score (nSPS) is 22.5.